The van der Waals surface area contributed by atoms with Crippen LogP contribution in [0, 0.1) is 5.92 Å². The second-order valence-corrected chi connectivity index (χ2v) is 7.81. The monoisotopic (exact) mass is 323 g/mol. The molecule has 2 heterocycles. The highest BCUT2D eigenvalue weighted by Crippen LogP contribution is 2.39. The molecule has 5 heteroatoms. The van der Waals surface area contributed by atoms with E-state index in [1.165, 1.54) is 25.7 Å². The molecule has 2 aliphatic heterocycles. The molecule has 0 bridgehead atoms. The van der Waals surface area contributed by atoms with E-state index in [-0.39, 0.29) is 11.6 Å². The van der Waals surface area contributed by atoms with Crippen molar-refractivity contribution in [2.24, 2.45) is 11.7 Å². The summed E-state index contributed by atoms with van der Waals surface area (Å²) < 4.78 is 5.52. The van der Waals surface area contributed by atoms with E-state index in [0.29, 0.717) is 18.2 Å². The van der Waals surface area contributed by atoms with Gasteiger partial charge in [0.25, 0.3) is 0 Å². The van der Waals surface area contributed by atoms with Gasteiger partial charge in [-0.05, 0) is 38.5 Å². The predicted molar refractivity (Wildman–Crippen MR) is 91.2 cm³/mol. The Hall–Kier alpha value is -0.650. The number of rotatable bonds is 4. The van der Waals surface area contributed by atoms with E-state index in [1.54, 1.807) is 0 Å². The fourth-order valence-corrected chi connectivity index (χ4v) is 4.73. The zero-order chi connectivity index (χ0) is 16.3. The zero-order valence-corrected chi connectivity index (χ0v) is 14.6. The van der Waals surface area contributed by atoms with Crippen LogP contribution >= 0.6 is 0 Å². The molecule has 2 atom stereocenters. The van der Waals surface area contributed by atoms with Crippen molar-refractivity contribution in [3.63, 3.8) is 0 Å². The summed E-state index contributed by atoms with van der Waals surface area (Å²) in [6.45, 7) is 7.44. The Morgan fingerprint density at radius 1 is 1.22 bits per heavy atom. The molecule has 3 aliphatic rings. The number of hydrogen-bond acceptors (Lipinski definition) is 4. The molecule has 0 aromatic rings. The highest BCUT2D eigenvalue weighted by Gasteiger charge is 2.43. The van der Waals surface area contributed by atoms with Gasteiger partial charge in [0.1, 0.15) is 0 Å². The summed E-state index contributed by atoms with van der Waals surface area (Å²) in [5, 5.41) is 0. The minimum Gasteiger partial charge on any atom is -0.379 e. The van der Waals surface area contributed by atoms with Crippen LogP contribution < -0.4 is 5.73 Å². The van der Waals surface area contributed by atoms with Gasteiger partial charge in [0.05, 0.1) is 13.2 Å². The molecule has 0 aromatic carbocycles. The maximum absolute atomic E-state index is 13.0. The van der Waals surface area contributed by atoms with E-state index in [0.717, 1.165) is 52.2 Å². The number of likely N-dealkylation sites (tertiary alicyclic amines) is 1. The van der Waals surface area contributed by atoms with Gasteiger partial charge in [-0.3, -0.25) is 9.69 Å². The Morgan fingerprint density at radius 3 is 2.57 bits per heavy atom. The number of nitrogens with zero attached hydrogens (tertiary/aromatic N) is 2. The van der Waals surface area contributed by atoms with Crippen LogP contribution in [0.15, 0.2) is 0 Å². The van der Waals surface area contributed by atoms with Gasteiger partial charge in [0.15, 0.2) is 0 Å². The summed E-state index contributed by atoms with van der Waals surface area (Å²) in [4.78, 5) is 17.6. The average Bonchev–Trinajstić information content (AvgIpc) is 3.05. The van der Waals surface area contributed by atoms with Crippen LogP contribution in [-0.4, -0.2) is 66.7 Å². The molecule has 2 N–H and O–H groups in total. The van der Waals surface area contributed by atoms with E-state index in [9.17, 15) is 4.79 Å². The molecule has 23 heavy (non-hydrogen) atoms. The summed E-state index contributed by atoms with van der Waals surface area (Å²) in [6.07, 6.45) is 7.81. The summed E-state index contributed by atoms with van der Waals surface area (Å²) in [6, 6.07) is 0.185. The number of carbonyl (C=O) groups excluding carboxylic acids is 1. The number of ether oxygens (including phenoxy) is 1. The number of morpholine rings is 1. The maximum atomic E-state index is 13.0. The third-order valence-electron chi connectivity index (χ3n) is 6.25. The topological polar surface area (TPSA) is 58.8 Å². The van der Waals surface area contributed by atoms with Crippen LogP contribution in [0.5, 0.6) is 0 Å². The van der Waals surface area contributed by atoms with E-state index < -0.39 is 0 Å². The van der Waals surface area contributed by atoms with Gasteiger partial charge >= 0.3 is 0 Å². The van der Waals surface area contributed by atoms with Crippen LogP contribution in [0.25, 0.3) is 0 Å². The van der Waals surface area contributed by atoms with Crippen LogP contribution in [0.2, 0.25) is 0 Å². The lowest BCUT2D eigenvalue weighted by Gasteiger charge is -2.44. The highest BCUT2D eigenvalue weighted by atomic mass is 16.5. The van der Waals surface area contributed by atoms with Crippen LogP contribution in [0.1, 0.15) is 51.9 Å². The lowest BCUT2D eigenvalue weighted by Crippen LogP contribution is -2.55. The summed E-state index contributed by atoms with van der Waals surface area (Å²) in [5.74, 6) is 0.819. The Bertz CT molecular complexity index is 401. The number of hydrogen-bond donors (Lipinski definition) is 1. The summed E-state index contributed by atoms with van der Waals surface area (Å²) >= 11 is 0. The molecule has 0 radical (unpaired) electrons. The molecular weight excluding hydrogens is 290 g/mol. The van der Waals surface area contributed by atoms with E-state index in [4.69, 9.17) is 10.5 Å². The lowest BCUT2D eigenvalue weighted by atomic mass is 9.88. The fourth-order valence-electron chi connectivity index (χ4n) is 4.73. The van der Waals surface area contributed by atoms with Gasteiger partial charge < -0.3 is 15.4 Å². The molecule has 3 rings (SSSR count). The number of carbonyl (C=O) groups is 1. The molecule has 1 aliphatic carbocycles. The van der Waals surface area contributed by atoms with Gasteiger partial charge in [-0.15, -0.1) is 0 Å². The maximum Gasteiger partial charge on any atom is 0.224 e. The zero-order valence-electron chi connectivity index (χ0n) is 14.6. The standard InChI is InChI=1S/C18H33N3O2/c1-15(19)16-5-4-8-20(14-16)17(22)13-18(6-2-3-7-18)21-9-11-23-12-10-21/h15-16H,2-14,19H2,1H3. The molecule has 3 fully saturated rings. The highest BCUT2D eigenvalue weighted by molar-refractivity contribution is 5.77. The first-order valence-electron chi connectivity index (χ1n) is 9.47. The Labute approximate surface area is 140 Å². The Morgan fingerprint density at radius 2 is 1.91 bits per heavy atom. The predicted octanol–water partition coefficient (Wildman–Crippen LogP) is 1.61. The van der Waals surface area contributed by atoms with Crippen molar-refractivity contribution >= 4 is 5.91 Å². The summed E-state index contributed by atoms with van der Waals surface area (Å²) in [5.41, 5.74) is 6.18. The van der Waals surface area contributed by atoms with Crippen LogP contribution in [0.3, 0.4) is 0 Å². The normalized spacial score (nSPS) is 30.3. The van der Waals surface area contributed by atoms with E-state index in [2.05, 4.69) is 16.7 Å². The first kappa shape index (κ1) is 17.2. The van der Waals surface area contributed by atoms with E-state index in [1.807, 2.05) is 0 Å². The number of amides is 1. The Kier molecular flexibility index (Phi) is 5.60. The van der Waals surface area contributed by atoms with Crippen molar-refractivity contribution in [3.8, 4) is 0 Å². The van der Waals surface area contributed by atoms with Crippen LogP contribution in [-0.2, 0) is 9.53 Å². The molecule has 1 amide bonds. The average molecular weight is 323 g/mol. The second kappa shape index (κ2) is 7.49. The van der Waals surface area contributed by atoms with Crippen molar-refractivity contribution in [2.45, 2.75) is 63.5 Å². The van der Waals surface area contributed by atoms with Gasteiger partial charge in [-0.25, -0.2) is 0 Å². The number of piperidine rings is 1. The lowest BCUT2D eigenvalue weighted by molar-refractivity contribution is -0.137. The number of nitrogens with two attached hydrogens (primary N) is 1. The molecular formula is C18H33N3O2. The Balaban J connectivity index is 1.64. The third-order valence-corrected chi connectivity index (χ3v) is 6.25. The van der Waals surface area contributed by atoms with Crippen molar-refractivity contribution in [3.05, 3.63) is 0 Å². The molecule has 2 saturated heterocycles. The van der Waals surface area contributed by atoms with E-state index >= 15 is 0 Å². The van der Waals surface area contributed by atoms with Crippen molar-refractivity contribution in [2.75, 3.05) is 39.4 Å². The minimum absolute atomic E-state index is 0.0993. The molecule has 0 spiro atoms. The van der Waals surface area contributed by atoms with Crippen molar-refractivity contribution in [1.29, 1.82) is 0 Å². The third kappa shape index (κ3) is 3.89. The van der Waals surface area contributed by atoms with Crippen LogP contribution in [0.4, 0.5) is 0 Å². The van der Waals surface area contributed by atoms with Gasteiger partial charge in [0.2, 0.25) is 5.91 Å². The smallest absolute Gasteiger partial charge is 0.224 e. The largest absolute Gasteiger partial charge is 0.379 e. The molecule has 2 unspecified atom stereocenters. The molecule has 5 nitrogen and oxygen atoms in total. The quantitative estimate of drug-likeness (QED) is 0.854. The first-order chi connectivity index (χ1) is 11.1. The fraction of sp³-hybridized carbons (Fsp3) is 0.944. The SMILES string of the molecule is CC(N)C1CCCN(C(=O)CC2(N3CCOCC3)CCCC2)C1. The minimum atomic E-state index is 0.0993. The first-order valence-corrected chi connectivity index (χ1v) is 9.47. The molecule has 132 valence electrons. The van der Waals surface area contributed by atoms with Gasteiger partial charge in [-0.2, -0.15) is 0 Å². The van der Waals surface area contributed by atoms with Gasteiger partial charge in [0, 0.05) is 44.2 Å². The second-order valence-electron chi connectivity index (χ2n) is 7.81. The van der Waals surface area contributed by atoms with Gasteiger partial charge in [-0.1, -0.05) is 12.8 Å². The molecule has 1 saturated carbocycles. The van der Waals surface area contributed by atoms with Crippen molar-refractivity contribution < 1.29 is 9.53 Å². The van der Waals surface area contributed by atoms with Crippen molar-refractivity contribution in [1.82, 2.24) is 9.80 Å². The molecule has 0 aromatic heterocycles. The summed E-state index contributed by atoms with van der Waals surface area (Å²) in [7, 11) is 0.